The van der Waals surface area contributed by atoms with E-state index in [1.807, 2.05) is 53.3 Å². The number of aromatic nitrogens is 3. The second-order valence-corrected chi connectivity index (χ2v) is 5.15. The van der Waals surface area contributed by atoms with Crippen LogP contribution >= 0.6 is 15.9 Å². The number of hydrogen-bond donors (Lipinski definition) is 0. The van der Waals surface area contributed by atoms with Gasteiger partial charge in [0.15, 0.2) is 0 Å². The fourth-order valence-electron chi connectivity index (χ4n) is 2.13. The number of allylic oxidation sites excluding steroid dienone is 1. The highest BCUT2D eigenvalue weighted by Gasteiger charge is 2.09. The minimum atomic E-state index is 0.819. The number of alkyl halides is 1. The van der Waals surface area contributed by atoms with Crippen molar-refractivity contribution < 1.29 is 0 Å². The summed E-state index contributed by atoms with van der Waals surface area (Å²) < 4.78 is 1.91. The predicted octanol–water partition coefficient (Wildman–Crippen LogP) is 4.34. The lowest BCUT2D eigenvalue weighted by atomic mass is 10.1. The van der Waals surface area contributed by atoms with Crippen LogP contribution in [0.2, 0.25) is 0 Å². The van der Waals surface area contributed by atoms with Crippen LogP contribution in [0.4, 0.5) is 0 Å². The third-order valence-electron chi connectivity index (χ3n) is 3.10. The van der Waals surface area contributed by atoms with E-state index in [0.717, 1.165) is 27.8 Å². The molecule has 3 aromatic rings. The van der Waals surface area contributed by atoms with E-state index in [4.69, 9.17) is 5.10 Å². The summed E-state index contributed by atoms with van der Waals surface area (Å²) in [4.78, 5) is 4.07. The first-order valence-electron chi connectivity index (χ1n) is 6.66. The Bertz CT molecular complexity index is 733. The Morgan fingerprint density at radius 1 is 1.05 bits per heavy atom. The smallest absolute Gasteiger partial charge is 0.100 e. The molecule has 104 valence electrons. The van der Waals surface area contributed by atoms with Crippen molar-refractivity contribution in [2.75, 3.05) is 5.33 Å². The molecule has 3 rings (SSSR count). The topological polar surface area (TPSA) is 30.7 Å². The first kappa shape index (κ1) is 13.8. The molecule has 0 aliphatic carbocycles. The van der Waals surface area contributed by atoms with E-state index < -0.39 is 0 Å². The Hall–Kier alpha value is -2.20. The number of rotatable bonds is 4. The van der Waals surface area contributed by atoms with Gasteiger partial charge < -0.3 is 0 Å². The maximum atomic E-state index is 4.73. The van der Waals surface area contributed by atoms with Gasteiger partial charge in [-0.1, -0.05) is 46.3 Å². The summed E-state index contributed by atoms with van der Waals surface area (Å²) in [6, 6.07) is 14.1. The molecule has 0 spiro atoms. The lowest BCUT2D eigenvalue weighted by molar-refractivity contribution is 0.884. The number of hydrogen-bond acceptors (Lipinski definition) is 2. The Kier molecular flexibility index (Phi) is 4.26. The fraction of sp³-hybridized carbons (Fsp3) is 0.0588. The number of pyridine rings is 1. The number of nitrogens with zero attached hydrogens (tertiary/aromatic N) is 3. The minimum Gasteiger partial charge on any atom is -0.265 e. The molecule has 2 heterocycles. The molecular weight excluding hydrogens is 326 g/mol. The van der Waals surface area contributed by atoms with Crippen molar-refractivity contribution >= 4 is 22.0 Å². The minimum absolute atomic E-state index is 0.819. The highest BCUT2D eigenvalue weighted by atomic mass is 79.9. The van der Waals surface area contributed by atoms with Gasteiger partial charge in [0.25, 0.3) is 0 Å². The van der Waals surface area contributed by atoms with Gasteiger partial charge in [0.2, 0.25) is 0 Å². The monoisotopic (exact) mass is 339 g/mol. The summed E-state index contributed by atoms with van der Waals surface area (Å²) in [5, 5.41) is 5.54. The Morgan fingerprint density at radius 2 is 1.81 bits per heavy atom. The largest absolute Gasteiger partial charge is 0.265 e. The van der Waals surface area contributed by atoms with Gasteiger partial charge in [-0.2, -0.15) is 5.10 Å². The Labute approximate surface area is 132 Å². The maximum Gasteiger partial charge on any atom is 0.100 e. The number of para-hydroxylation sites is 1. The van der Waals surface area contributed by atoms with Crippen LogP contribution in [0.5, 0.6) is 0 Å². The number of benzene rings is 1. The molecule has 0 aliphatic heterocycles. The summed E-state index contributed by atoms with van der Waals surface area (Å²) in [5.74, 6) is 0. The van der Waals surface area contributed by atoms with Gasteiger partial charge >= 0.3 is 0 Å². The molecule has 21 heavy (non-hydrogen) atoms. The van der Waals surface area contributed by atoms with Gasteiger partial charge in [-0.25, -0.2) is 4.68 Å². The van der Waals surface area contributed by atoms with Gasteiger partial charge in [0.1, 0.15) is 5.69 Å². The van der Waals surface area contributed by atoms with Crippen molar-refractivity contribution in [3.8, 4) is 16.9 Å². The molecule has 1 aromatic carbocycles. The van der Waals surface area contributed by atoms with Gasteiger partial charge in [0, 0.05) is 35.0 Å². The molecule has 0 saturated heterocycles. The molecule has 0 unspecified atom stereocenters. The first-order valence-corrected chi connectivity index (χ1v) is 7.78. The second kappa shape index (κ2) is 6.50. The van der Waals surface area contributed by atoms with Crippen LogP contribution in [0.1, 0.15) is 5.56 Å². The average Bonchev–Trinajstić information content (AvgIpc) is 2.99. The quantitative estimate of drug-likeness (QED) is 0.662. The molecule has 4 heteroatoms. The maximum absolute atomic E-state index is 4.73. The summed E-state index contributed by atoms with van der Waals surface area (Å²) in [6.45, 7) is 0. The molecule has 2 aromatic heterocycles. The van der Waals surface area contributed by atoms with Gasteiger partial charge in [-0.3, -0.25) is 4.98 Å². The van der Waals surface area contributed by atoms with Crippen molar-refractivity contribution in [1.29, 1.82) is 0 Å². The molecule has 0 fully saturated rings. The molecule has 3 nitrogen and oxygen atoms in total. The third-order valence-corrected chi connectivity index (χ3v) is 3.48. The molecule has 0 aliphatic rings. The molecule has 0 saturated carbocycles. The van der Waals surface area contributed by atoms with Crippen molar-refractivity contribution in [1.82, 2.24) is 14.8 Å². The van der Waals surface area contributed by atoms with Crippen LogP contribution in [0.25, 0.3) is 23.0 Å². The molecule has 0 radical (unpaired) electrons. The Balaban J connectivity index is 2.10. The van der Waals surface area contributed by atoms with E-state index in [-0.39, 0.29) is 0 Å². The molecule has 0 amide bonds. The summed E-state index contributed by atoms with van der Waals surface area (Å²) in [5.41, 5.74) is 4.16. The molecule has 0 bridgehead atoms. The van der Waals surface area contributed by atoms with Gasteiger partial charge in [-0.15, -0.1) is 0 Å². The van der Waals surface area contributed by atoms with Crippen molar-refractivity contribution in [3.05, 3.63) is 72.7 Å². The normalized spacial score (nSPS) is 11.1. The lowest BCUT2D eigenvalue weighted by Crippen LogP contribution is -1.93. The molecule has 0 N–H and O–H groups in total. The SMILES string of the molecule is BrCC=Cc1cn(-c2ccccc2)nc1-c1ccncc1. The lowest BCUT2D eigenvalue weighted by Gasteiger charge is -2.00. The van der Waals surface area contributed by atoms with E-state index in [0.29, 0.717) is 0 Å². The number of halogens is 1. The van der Waals surface area contributed by atoms with Crippen molar-refractivity contribution in [2.24, 2.45) is 0 Å². The van der Waals surface area contributed by atoms with Crippen molar-refractivity contribution in [2.45, 2.75) is 0 Å². The highest BCUT2D eigenvalue weighted by molar-refractivity contribution is 9.09. The third kappa shape index (κ3) is 3.11. The van der Waals surface area contributed by atoms with Crippen LogP contribution in [-0.4, -0.2) is 20.1 Å². The van der Waals surface area contributed by atoms with Gasteiger partial charge in [-0.05, 0) is 24.3 Å². The zero-order chi connectivity index (χ0) is 14.5. The van der Waals surface area contributed by atoms with Gasteiger partial charge in [0.05, 0.1) is 5.69 Å². The highest BCUT2D eigenvalue weighted by Crippen LogP contribution is 2.24. The molecular formula is C17H14BrN3. The van der Waals surface area contributed by atoms with Crippen molar-refractivity contribution in [3.63, 3.8) is 0 Å². The van der Waals surface area contributed by atoms with Crippen LogP contribution in [-0.2, 0) is 0 Å². The predicted molar refractivity (Wildman–Crippen MR) is 89.6 cm³/mol. The standard InChI is InChI=1S/C17H14BrN3/c18-10-4-5-15-13-21(16-6-2-1-3-7-16)20-17(15)14-8-11-19-12-9-14/h1-9,11-13H,10H2. The van der Waals surface area contributed by atoms with E-state index in [2.05, 4.69) is 33.1 Å². The zero-order valence-electron chi connectivity index (χ0n) is 11.4. The average molecular weight is 340 g/mol. The first-order chi connectivity index (χ1) is 10.4. The van der Waals surface area contributed by atoms with E-state index in [9.17, 15) is 0 Å². The molecule has 0 atom stereocenters. The fourth-order valence-corrected chi connectivity index (χ4v) is 2.31. The second-order valence-electron chi connectivity index (χ2n) is 4.51. The van der Waals surface area contributed by atoms with Crippen LogP contribution in [0.15, 0.2) is 67.1 Å². The zero-order valence-corrected chi connectivity index (χ0v) is 12.9. The van der Waals surface area contributed by atoms with Crippen LogP contribution < -0.4 is 0 Å². The summed E-state index contributed by atoms with van der Waals surface area (Å²) in [7, 11) is 0. The van der Waals surface area contributed by atoms with E-state index >= 15 is 0 Å². The van der Waals surface area contributed by atoms with E-state index in [1.54, 1.807) is 12.4 Å². The van der Waals surface area contributed by atoms with E-state index in [1.165, 1.54) is 0 Å². The van der Waals surface area contributed by atoms with Crippen LogP contribution in [0.3, 0.4) is 0 Å². The van der Waals surface area contributed by atoms with Crippen LogP contribution in [0, 0.1) is 0 Å². The Morgan fingerprint density at radius 3 is 2.52 bits per heavy atom. The summed E-state index contributed by atoms with van der Waals surface area (Å²) >= 11 is 3.42. The summed E-state index contributed by atoms with van der Waals surface area (Å²) in [6.07, 6.45) is 9.77.